The highest BCUT2D eigenvalue weighted by molar-refractivity contribution is 6.13. The maximum absolute atomic E-state index is 11.9. The lowest BCUT2D eigenvalue weighted by molar-refractivity contribution is -0.139. The zero-order valence-corrected chi connectivity index (χ0v) is 12.0. The quantitative estimate of drug-likeness (QED) is 0.791. The van der Waals surface area contributed by atoms with Gasteiger partial charge in [-0.2, -0.15) is 0 Å². The van der Waals surface area contributed by atoms with Crippen LogP contribution in [0.5, 0.6) is 0 Å². The standard InChI is InChI=1S/C17H19NO2/c1-3-11-5-6-14-13(12(11)4-2)7-8-15(14)18-16(19)9-10-17(18)20/h5-6,9-10,15H,3-4,7-8H2,1-2H3/t15-/m0/s1. The molecule has 0 saturated carbocycles. The van der Waals surface area contributed by atoms with Crippen LogP contribution in [0.4, 0.5) is 0 Å². The van der Waals surface area contributed by atoms with Crippen LogP contribution in [0.3, 0.4) is 0 Å². The molecule has 0 N–H and O–H groups in total. The third-order valence-corrected chi connectivity index (χ3v) is 4.48. The Hall–Kier alpha value is -1.90. The van der Waals surface area contributed by atoms with Crippen molar-refractivity contribution < 1.29 is 9.59 Å². The van der Waals surface area contributed by atoms with E-state index >= 15 is 0 Å². The van der Waals surface area contributed by atoms with E-state index in [0.717, 1.165) is 25.7 Å². The van der Waals surface area contributed by atoms with E-state index in [1.807, 2.05) is 0 Å². The van der Waals surface area contributed by atoms with E-state index in [1.54, 1.807) is 0 Å². The lowest BCUT2D eigenvalue weighted by Crippen LogP contribution is -2.33. The second-order valence-electron chi connectivity index (χ2n) is 5.41. The van der Waals surface area contributed by atoms with Gasteiger partial charge in [0, 0.05) is 12.2 Å². The van der Waals surface area contributed by atoms with E-state index in [0.29, 0.717) is 0 Å². The topological polar surface area (TPSA) is 37.4 Å². The normalized spacial score (nSPS) is 20.9. The van der Waals surface area contributed by atoms with Gasteiger partial charge in [0.15, 0.2) is 0 Å². The Bertz CT molecular complexity index is 598. The molecular weight excluding hydrogens is 250 g/mol. The molecule has 104 valence electrons. The van der Waals surface area contributed by atoms with Crippen molar-refractivity contribution in [2.24, 2.45) is 0 Å². The van der Waals surface area contributed by atoms with Crippen LogP contribution in [-0.2, 0) is 28.9 Å². The third-order valence-electron chi connectivity index (χ3n) is 4.48. The van der Waals surface area contributed by atoms with Crippen molar-refractivity contribution in [1.29, 1.82) is 0 Å². The smallest absolute Gasteiger partial charge is 0.254 e. The molecule has 3 heteroatoms. The fourth-order valence-electron chi connectivity index (χ4n) is 3.56. The molecule has 1 atom stereocenters. The van der Waals surface area contributed by atoms with Gasteiger partial charge in [0.25, 0.3) is 11.8 Å². The first-order valence-electron chi connectivity index (χ1n) is 7.36. The van der Waals surface area contributed by atoms with Crippen molar-refractivity contribution in [2.75, 3.05) is 0 Å². The molecule has 0 fully saturated rings. The highest BCUT2D eigenvalue weighted by Crippen LogP contribution is 2.40. The van der Waals surface area contributed by atoms with E-state index in [1.165, 1.54) is 39.3 Å². The minimum atomic E-state index is -0.175. The molecule has 1 aliphatic carbocycles. The number of imide groups is 1. The minimum absolute atomic E-state index is 0.0730. The first kappa shape index (κ1) is 13.1. The summed E-state index contributed by atoms with van der Waals surface area (Å²) in [7, 11) is 0. The number of carbonyl (C=O) groups excluding carboxylic acids is 2. The van der Waals surface area contributed by atoms with E-state index in [2.05, 4.69) is 26.0 Å². The van der Waals surface area contributed by atoms with Crippen LogP contribution in [0.15, 0.2) is 24.3 Å². The lowest BCUT2D eigenvalue weighted by atomic mass is 9.93. The van der Waals surface area contributed by atoms with Crippen molar-refractivity contribution in [3.63, 3.8) is 0 Å². The van der Waals surface area contributed by atoms with Crippen LogP contribution in [0.25, 0.3) is 0 Å². The Morgan fingerprint density at radius 2 is 1.80 bits per heavy atom. The molecule has 20 heavy (non-hydrogen) atoms. The number of fused-ring (bicyclic) bond motifs is 1. The number of hydrogen-bond donors (Lipinski definition) is 0. The molecule has 0 radical (unpaired) electrons. The Balaban J connectivity index is 2.03. The summed E-state index contributed by atoms with van der Waals surface area (Å²) in [5, 5.41) is 0. The number of aryl methyl sites for hydroxylation is 1. The maximum Gasteiger partial charge on any atom is 0.254 e. The minimum Gasteiger partial charge on any atom is -0.269 e. The predicted molar refractivity (Wildman–Crippen MR) is 77.3 cm³/mol. The van der Waals surface area contributed by atoms with E-state index in [9.17, 15) is 9.59 Å². The van der Waals surface area contributed by atoms with Gasteiger partial charge in [-0.3, -0.25) is 14.5 Å². The summed E-state index contributed by atoms with van der Waals surface area (Å²) in [5.41, 5.74) is 5.34. The SMILES string of the molecule is CCc1ccc2c(c1CC)CC[C@@H]2N1C(=O)C=CC1=O. The van der Waals surface area contributed by atoms with E-state index < -0.39 is 0 Å². The first-order valence-corrected chi connectivity index (χ1v) is 7.36. The fourth-order valence-corrected chi connectivity index (χ4v) is 3.56. The Morgan fingerprint density at radius 3 is 2.40 bits per heavy atom. The van der Waals surface area contributed by atoms with Crippen LogP contribution >= 0.6 is 0 Å². The zero-order chi connectivity index (χ0) is 14.3. The van der Waals surface area contributed by atoms with Gasteiger partial charge in [-0.15, -0.1) is 0 Å². The Morgan fingerprint density at radius 1 is 1.10 bits per heavy atom. The van der Waals surface area contributed by atoms with Gasteiger partial charge in [-0.25, -0.2) is 0 Å². The predicted octanol–water partition coefficient (Wildman–Crippen LogP) is 2.72. The molecule has 1 aromatic carbocycles. The molecule has 0 aromatic heterocycles. The second kappa shape index (κ2) is 4.89. The molecule has 0 unspecified atom stereocenters. The average Bonchev–Trinajstić information content (AvgIpc) is 3.01. The Labute approximate surface area is 119 Å². The van der Waals surface area contributed by atoms with Gasteiger partial charge in [0.05, 0.1) is 6.04 Å². The first-order chi connectivity index (χ1) is 9.67. The molecule has 1 aliphatic heterocycles. The molecule has 1 heterocycles. The number of hydrogen-bond acceptors (Lipinski definition) is 2. The third kappa shape index (κ3) is 1.80. The average molecular weight is 269 g/mol. The summed E-state index contributed by atoms with van der Waals surface area (Å²) >= 11 is 0. The van der Waals surface area contributed by atoms with Crippen LogP contribution in [0.1, 0.15) is 48.6 Å². The maximum atomic E-state index is 11.9. The van der Waals surface area contributed by atoms with Crippen LogP contribution < -0.4 is 0 Å². The van der Waals surface area contributed by atoms with Gasteiger partial charge < -0.3 is 0 Å². The molecule has 0 bridgehead atoms. The van der Waals surface area contributed by atoms with E-state index in [-0.39, 0.29) is 17.9 Å². The molecule has 3 rings (SSSR count). The van der Waals surface area contributed by atoms with Crippen LogP contribution in [0, 0.1) is 0 Å². The highest BCUT2D eigenvalue weighted by Gasteiger charge is 2.36. The number of rotatable bonds is 3. The molecule has 0 spiro atoms. The summed E-state index contributed by atoms with van der Waals surface area (Å²) in [6, 6.07) is 4.20. The summed E-state index contributed by atoms with van der Waals surface area (Å²) in [6.45, 7) is 4.35. The molecule has 3 nitrogen and oxygen atoms in total. The summed E-state index contributed by atoms with van der Waals surface area (Å²) in [6.07, 6.45) is 6.62. The molecule has 2 aliphatic rings. The monoisotopic (exact) mass is 269 g/mol. The number of nitrogens with zero attached hydrogens (tertiary/aromatic N) is 1. The summed E-state index contributed by atoms with van der Waals surface area (Å²) in [5.74, 6) is -0.351. The zero-order valence-electron chi connectivity index (χ0n) is 12.0. The molecule has 1 aromatic rings. The molecule has 2 amide bonds. The Kier molecular flexibility index (Phi) is 3.20. The van der Waals surface area contributed by atoms with Gasteiger partial charge in [0.1, 0.15) is 0 Å². The van der Waals surface area contributed by atoms with Gasteiger partial charge in [-0.05, 0) is 47.9 Å². The van der Waals surface area contributed by atoms with Gasteiger partial charge >= 0.3 is 0 Å². The fraction of sp³-hybridized carbons (Fsp3) is 0.412. The van der Waals surface area contributed by atoms with Crippen molar-refractivity contribution in [3.8, 4) is 0 Å². The van der Waals surface area contributed by atoms with E-state index in [4.69, 9.17) is 0 Å². The van der Waals surface area contributed by atoms with Gasteiger partial charge in [-0.1, -0.05) is 26.0 Å². The number of carbonyl (C=O) groups is 2. The summed E-state index contributed by atoms with van der Waals surface area (Å²) in [4.78, 5) is 25.2. The highest BCUT2D eigenvalue weighted by atomic mass is 16.2. The van der Waals surface area contributed by atoms with Crippen LogP contribution in [-0.4, -0.2) is 16.7 Å². The van der Waals surface area contributed by atoms with Gasteiger partial charge in [0.2, 0.25) is 0 Å². The van der Waals surface area contributed by atoms with Crippen molar-refractivity contribution >= 4 is 11.8 Å². The van der Waals surface area contributed by atoms with Crippen molar-refractivity contribution in [1.82, 2.24) is 4.90 Å². The second-order valence-corrected chi connectivity index (χ2v) is 5.41. The van der Waals surface area contributed by atoms with Crippen LogP contribution in [0.2, 0.25) is 0 Å². The molecular formula is C17H19NO2. The van der Waals surface area contributed by atoms with Crippen molar-refractivity contribution in [2.45, 2.75) is 45.6 Å². The number of amides is 2. The van der Waals surface area contributed by atoms with Crippen molar-refractivity contribution in [3.05, 3.63) is 46.5 Å². The largest absolute Gasteiger partial charge is 0.269 e. The molecule has 0 saturated heterocycles. The lowest BCUT2D eigenvalue weighted by Gasteiger charge is -2.23. The summed E-state index contributed by atoms with van der Waals surface area (Å²) < 4.78 is 0. The number of benzene rings is 1.